The molecule has 1 heterocycles. The number of hydrogen-bond donors (Lipinski definition) is 2. The van der Waals surface area contributed by atoms with E-state index in [4.69, 9.17) is 5.84 Å². The zero-order valence-corrected chi connectivity index (χ0v) is 11.1. The van der Waals surface area contributed by atoms with E-state index in [0.717, 1.165) is 17.8 Å². The predicted molar refractivity (Wildman–Crippen MR) is 72.7 cm³/mol. The highest BCUT2D eigenvalue weighted by molar-refractivity contribution is 7.07. The van der Waals surface area contributed by atoms with Crippen molar-refractivity contribution in [1.82, 2.24) is 5.43 Å². The fourth-order valence-electron chi connectivity index (χ4n) is 3.79. The Bertz CT molecular complexity index is 337. The summed E-state index contributed by atoms with van der Waals surface area (Å²) < 4.78 is 0. The largest absolute Gasteiger partial charge is 0.271 e. The number of aryl methyl sites for hydroxylation is 1. The number of nitrogens with two attached hydrogens (primary N) is 1. The molecule has 0 amide bonds. The first-order valence-electron chi connectivity index (χ1n) is 6.87. The number of hydrogen-bond acceptors (Lipinski definition) is 3. The molecule has 0 saturated heterocycles. The van der Waals surface area contributed by atoms with E-state index in [2.05, 4.69) is 22.3 Å². The maximum Gasteiger partial charge on any atom is 0.0247 e. The summed E-state index contributed by atoms with van der Waals surface area (Å²) in [7, 11) is 0. The number of thiophene rings is 1. The van der Waals surface area contributed by atoms with E-state index < -0.39 is 0 Å². The minimum absolute atomic E-state index is 0.544. The first kappa shape index (κ1) is 11.7. The number of nitrogens with one attached hydrogen (secondary N) is 1. The molecule has 1 aromatic heterocycles. The molecule has 2 saturated carbocycles. The van der Waals surface area contributed by atoms with Crippen LogP contribution in [0.15, 0.2) is 16.8 Å². The monoisotopic (exact) mass is 250 g/mol. The van der Waals surface area contributed by atoms with Gasteiger partial charge in [-0.05, 0) is 65.8 Å². The predicted octanol–water partition coefficient (Wildman–Crippen LogP) is 2.95. The summed E-state index contributed by atoms with van der Waals surface area (Å²) in [6.07, 6.45) is 8.16. The smallest absolute Gasteiger partial charge is 0.0247 e. The van der Waals surface area contributed by atoms with Crippen LogP contribution in [0, 0.1) is 17.8 Å². The standard InChI is InChI=1S/C14H22N2S/c15-16-13(6-5-10-7-8-17-9-10)14-11-3-1-2-4-12(11)14/h7-9,11-14,16H,1-6,15H2. The second-order valence-electron chi connectivity index (χ2n) is 5.63. The molecule has 3 rings (SSSR count). The lowest BCUT2D eigenvalue weighted by molar-refractivity contribution is 0.414. The van der Waals surface area contributed by atoms with Gasteiger partial charge in [0.15, 0.2) is 0 Å². The molecule has 3 N–H and O–H groups in total. The summed E-state index contributed by atoms with van der Waals surface area (Å²) in [5.74, 6) is 8.62. The van der Waals surface area contributed by atoms with E-state index in [9.17, 15) is 0 Å². The lowest BCUT2D eigenvalue weighted by atomic mass is 10.0. The second kappa shape index (κ2) is 5.09. The summed E-state index contributed by atoms with van der Waals surface area (Å²) in [6, 6.07) is 2.78. The van der Waals surface area contributed by atoms with Gasteiger partial charge in [-0.1, -0.05) is 12.8 Å². The van der Waals surface area contributed by atoms with Gasteiger partial charge in [0.05, 0.1) is 0 Å². The van der Waals surface area contributed by atoms with Crippen molar-refractivity contribution in [3.63, 3.8) is 0 Å². The van der Waals surface area contributed by atoms with Crippen LogP contribution in [0.5, 0.6) is 0 Å². The molecule has 1 aromatic rings. The summed E-state index contributed by atoms with van der Waals surface area (Å²) in [5.41, 5.74) is 4.56. The maximum atomic E-state index is 5.76. The van der Waals surface area contributed by atoms with Crippen molar-refractivity contribution in [3.05, 3.63) is 22.4 Å². The molecule has 0 spiro atoms. The van der Waals surface area contributed by atoms with Crippen LogP contribution in [0.2, 0.25) is 0 Å². The minimum Gasteiger partial charge on any atom is -0.271 e. The van der Waals surface area contributed by atoms with Gasteiger partial charge in [0.1, 0.15) is 0 Å². The highest BCUT2D eigenvalue weighted by Crippen LogP contribution is 2.57. The summed E-state index contributed by atoms with van der Waals surface area (Å²) >= 11 is 1.79. The average Bonchev–Trinajstić information content (AvgIpc) is 2.84. The molecule has 3 unspecified atom stereocenters. The quantitative estimate of drug-likeness (QED) is 0.623. The first-order valence-corrected chi connectivity index (χ1v) is 7.81. The first-order chi connectivity index (χ1) is 8.40. The zero-order chi connectivity index (χ0) is 11.7. The Morgan fingerprint density at radius 3 is 2.71 bits per heavy atom. The van der Waals surface area contributed by atoms with E-state index in [-0.39, 0.29) is 0 Å². The average molecular weight is 250 g/mol. The van der Waals surface area contributed by atoms with Gasteiger partial charge in [-0.3, -0.25) is 11.3 Å². The van der Waals surface area contributed by atoms with Crippen LogP contribution in [0.25, 0.3) is 0 Å². The Morgan fingerprint density at radius 2 is 2.12 bits per heavy atom. The molecule has 17 heavy (non-hydrogen) atoms. The van der Waals surface area contributed by atoms with Gasteiger partial charge in [0.25, 0.3) is 0 Å². The molecule has 3 heteroatoms. The third-order valence-corrected chi connectivity index (χ3v) is 5.46. The fourth-order valence-corrected chi connectivity index (χ4v) is 4.49. The minimum atomic E-state index is 0.544. The number of fused-ring (bicyclic) bond motifs is 1. The van der Waals surface area contributed by atoms with Crippen LogP contribution in [0.1, 0.15) is 37.7 Å². The van der Waals surface area contributed by atoms with Crippen molar-refractivity contribution < 1.29 is 0 Å². The molecule has 2 aliphatic rings. The van der Waals surface area contributed by atoms with E-state index in [0.29, 0.717) is 6.04 Å². The summed E-state index contributed by atoms with van der Waals surface area (Å²) in [6.45, 7) is 0. The SMILES string of the molecule is NNC(CCc1ccsc1)C1C2CCCCC21. The molecular weight excluding hydrogens is 228 g/mol. The highest BCUT2D eigenvalue weighted by atomic mass is 32.1. The molecule has 2 nitrogen and oxygen atoms in total. The third kappa shape index (κ3) is 2.42. The molecule has 0 aliphatic heterocycles. The fraction of sp³-hybridized carbons (Fsp3) is 0.714. The molecule has 0 aromatic carbocycles. The normalized spacial score (nSPS) is 33.1. The van der Waals surface area contributed by atoms with Crippen LogP contribution in [0.3, 0.4) is 0 Å². The van der Waals surface area contributed by atoms with Crippen molar-refractivity contribution in [3.8, 4) is 0 Å². The molecule has 2 fully saturated rings. The lowest BCUT2D eigenvalue weighted by Gasteiger charge is -2.15. The molecule has 94 valence electrons. The highest BCUT2D eigenvalue weighted by Gasteiger charge is 2.53. The Morgan fingerprint density at radius 1 is 1.35 bits per heavy atom. The van der Waals surface area contributed by atoms with Gasteiger partial charge in [-0.15, -0.1) is 0 Å². The number of rotatable bonds is 5. The van der Waals surface area contributed by atoms with Gasteiger partial charge in [-0.25, -0.2) is 0 Å². The van der Waals surface area contributed by atoms with E-state index in [1.807, 2.05) is 0 Å². The number of hydrazine groups is 1. The van der Waals surface area contributed by atoms with Gasteiger partial charge in [0.2, 0.25) is 0 Å². The Labute approximate surface area is 108 Å². The van der Waals surface area contributed by atoms with Gasteiger partial charge in [-0.2, -0.15) is 11.3 Å². The van der Waals surface area contributed by atoms with Gasteiger partial charge < -0.3 is 0 Å². The van der Waals surface area contributed by atoms with Gasteiger partial charge in [0, 0.05) is 6.04 Å². The van der Waals surface area contributed by atoms with Crippen LogP contribution in [-0.2, 0) is 6.42 Å². The van der Waals surface area contributed by atoms with Crippen molar-refractivity contribution >= 4 is 11.3 Å². The molecule has 0 radical (unpaired) electrons. The Hall–Kier alpha value is -0.380. The molecule has 3 atom stereocenters. The topological polar surface area (TPSA) is 38.0 Å². The van der Waals surface area contributed by atoms with Crippen molar-refractivity contribution in [2.75, 3.05) is 0 Å². The Kier molecular flexibility index (Phi) is 3.50. The Balaban J connectivity index is 1.53. The van der Waals surface area contributed by atoms with Gasteiger partial charge >= 0.3 is 0 Å². The van der Waals surface area contributed by atoms with Crippen LogP contribution in [0.4, 0.5) is 0 Å². The van der Waals surface area contributed by atoms with Crippen molar-refractivity contribution in [2.24, 2.45) is 23.6 Å². The second-order valence-corrected chi connectivity index (χ2v) is 6.41. The van der Waals surface area contributed by atoms with Crippen molar-refractivity contribution in [1.29, 1.82) is 0 Å². The zero-order valence-electron chi connectivity index (χ0n) is 10.3. The summed E-state index contributed by atoms with van der Waals surface area (Å²) in [4.78, 5) is 0. The van der Waals surface area contributed by atoms with E-state index in [1.54, 1.807) is 11.3 Å². The van der Waals surface area contributed by atoms with Crippen molar-refractivity contribution in [2.45, 2.75) is 44.6 Å². The van der Waals surface area contributed by atoms with E-state index >= 15 is 0 Å². The lowest BCUT2D eigenvalue weighted by Crippen LogP contribution is -2.38. The van der Waals surface area contributed by atoms with Crippen LogP contribution < -0.4 is 11.3 Å². The van der Waals surface area contributed by atoms with Crippen LogP contribution >= 0.6 is 11.3 Å². The molecule has 2 aliphatic carbocycles. The maximum absolute atomic E-state index is 5.76. The third-order valence-electron chi connectivity index (χ3n) is 4.73. The van der Waals surface area contributed by atoms with Crippen LogP contribution in [-0.4, -0.2) is 6.04 Å². The molecule has 0 bridgehead atoms. The molecular formula is C14H22N2S. The van der Waals surface area contributed by atoms with E-state index in [1.165, 1.54) is 44.1 Å². The summed E-state index contributed by atoms with van der Waals surface area (Å²) in [5, 5.41) is 4.42.